The summed E-state index contributed by atoms with van der Waals surface area (Å²) in [5, 5.41) is 2.91. The number of carbonyl (C=O) groups excluding carboxylic acids is 1. The first-order valence-electron chi connectivity index (χ1n) is 10.7. The van der Waals surface area contributed by atoms with E-state index in [9.17, 15) is 9.70 Å². The number of rotatable bonds is 18. The van der Waals surface area contributed by atoms with E-state index in [-0.39, 0.29) is 17.3 Å². The molecular formula is C21H42N2O2S. The van der Waals surface area contributed by atoms with E-state index in [2.05, 4.69) is 19.0 Å². The lowest BCUT2D eigenvalue weighted by Gasteiger charge is -2.34. The predicted molar refractivity (Wildman–Crippen MR) is 116 cm³/mol. The third-order valence-electron chi connectivity index (χ3n) is 5.27. The van der Waals surface area contributed by atoms with Gasteiger partial charge in [0.05, 0.1) is 4.75 Å². The van der Waals surface area contributed by atoms with Gasteiger partial charge in [0.2, 0.25) is 5.91 Å². The van der Waals surface area contributed by atoms with Crippen LogP contribution in [0.5, 0.6) is 0 Å². The van der Waals surface area contributed by atoms with E-state index >= 15 is 0 Å². The SMILES string of the molecule is CCCCCCCCC(CCCCCCCC)(SC)C(=O)N(C)CN=O. The minimum absolute atomic E-state index is 0.0475. The molecule has 0 atom stereocenters. The molecule has 0 aromatic heterocycles. The Balaban J connectivity index is 4.65. The highest BCUT2D eigenvalue weighted by Gasteiger charge is 2.38. The first-order valence-corrected chi connectivity index (χ1v) is 11.9. The maximum absolute atomic E-state index is 13.0. The minimum atomic E-state index is -0.380. The van der Waals surface area contributed by atoms with Crippen LogP contribution in [0.4, 0.5) is 0 Å². The van der Waals surface area contributed by atoms with Crippen molar-refractivity contribution in [1.82, 2.24) is 4.90 Å². The summed E-state index contributed by atoms with van der Waals surface area (Å²) in [7, 11) is 1.71. The normalized spacial score (nSPS) is 11.5. The van der Waals surface area contributed by atoms with E-state index in [1.165, 1.54) is 69.1 Å². The van der Waals surface area contributed by atoms with Gasteiger partial charge in [-0.25, -0.2) is 0 Å². The number of hydrogen-bond acceptors (Lipinski definition) is 4. The smallest absolute Gasteiger partial charge is 0.240 e. The zero-order chi connectivity index (χ0) is 19.7. The molecule has 0 rings (SSSR count). The summed E-state index contributed by atoms with van der Waals surface area (Å²) < 4.78 is -0.380. The molecule has 1 amide bonds. The van der Waals surface area contributed by atoms with Gasteiger partial charge in [0.1, 0.15) is 0 Å². The van der Waals surface area contributed by atoms with Crippen molar-refractivity contribution in [2.45, 2.75) is 108 Å². The highest BCUT2D eigenvalue weighted by Crippen LogP contribution is 2.37. The average molecular weight is 387 g/mol. The second-order valence-electron chi connectivity index (χ2n) is 7.51. The van der Waals surface area contributed by atoms with E-state index in [4.69, 9.17) is 0 Å². The van der Waals surface area contributed by atoms with Gasteiger partial charge in [0.15, 0.2) is 6.67 Å². The van der Waals surface area contributed by atoms with Gasteiger partial charge in [-0.05, 0) is 24.3 Å². The summed E-state index contributed by atoms with van der Waals surface area (Å²) in [5.41, 5.74) is 0. The van der Waals surface area contributed by atoms with Gasteiger partial charge in [-0.1, -0.05) is 90.9 Å². The molecule has 0 aliphatic carbocycles. The van der Waals surface area contributed by atoms with Crippen molar-refractivity contribution in [3.05, 3.63) is 4.91 Å². The summed E-state index contributed by atoms with van der Waals surface area (Å²) in [5.74, 6) is 0.0896. The van der Waals surface area contributed by atoms with Crippen molar-refractivity contribution in [2.24, 2.45) is 5.18 Å². The number of nitroso groups, excluding NO2 is 1. The maximum Gasteiger partial charge on any atom is 0.240 e. The topological polar surface area (TPSA) is 49.7 Å². The van der Waals surface area contributed by atoms with E-state index in [1.54, 1.807) is 18.8 Å². The Morgan fingerprint density at radius 1 is 0.846 bits per heavy atom. The lowest BCUT2D eigenvalue weighted by molar-refractivity contribution is -0.132. The molecule has 0 unspecified atom stereocenters. The summed E-state index contributed by atoms with van der Waals surface area (Å²) in [6, 6.07) is 0. The molecule has 0 aliphatic heterocycles. The molecule has 4 nitrogen and oxygen atoms in total. The van der Waals surface area contributed by atoms with E-state index in [0.717, 1.165) is 25.7 Å². The fraction of sp³-hybridized carbons (Fsp3) is 0.952. The molecule has 0 fully saturated rings. The largest absolute Gasteiger partial charge is 0.322 e. The number of unbranched alkanes of at least 4 members (excludes halogenated alkanes) is 10. The van der Waals surface area contributed by atoms with Crippen LogP contribution in [0.15, 0.2) is 5.18 Å². The molecule has 0 saturated heterocycles. The number of amides is 1. The van der Waals surface area contributed by atoms with Crippen molar-refractivity contribution < 1.29 is 4.79 Å². The molecule has 0 bridgehead atoms. The van der Waals surface area contributed by atoms with Crippen LogP contribution in [-0.4, -0.2) is 35.5 Å². The number of carbonyl (C=O) groups is 1. The second kappa shape index (κ2) is 16.6. The Kier molecular flexibility index (Phi) is 16.2. The molecule has 0 spiro atoms. The lowest BCUT2D eigenvalue weighted by Crippen LogP contribution is -2.45. The Morgan fingerprint density at radius 2 is 1.27 bits per heavy atom. The predicted octanol–water partition coefficient (Wildman–Crippen LogP) is 6.77. The van der Waals surface area contributed by atoms with Crippen LogP contribution >= 0.6 is 11.8 Å². The van der Waals surface area contributed by atoms with Crippen molar-refractivity contribution >= 4 is 17.7 Å². The van der Waals surface area contributed by atoms with Crippen LogP contribution in [0.3, 0.4) is 0 Å². The maximum atomic E-state index is 13.0. The third-order valence-corrected chi connectivity index (χ3v) is 6.63. The van der Waals surface area contributed by atoms with Gasteiger partial charge >= 0.3 is 0 Å². The van der Waals surface area contributed by atoms with Crippen LogP contribution in [0, 0.1) is 4.91 Å². The van der Waals surface area contributed by atoms with Crippen LogP contribution in [-0.2, 0) is 4.79 Å². The van der Waals surface area contributed by atoms with E-state index < -0.39 is 0 Å². The van der Waals surface area contributed by atoms with Crippen LogP contribution in [0.1, 0.15) is 104 Å². The van der Waals surface area contributed by atoms with Gasteiger partial charge in [0, 0.05) is 7.05 Å². The monoisotopic (exact) mass is 386 g/mol. The minimum Gasteiger partial charge on any atom is -0.322 e. The molecule has 0 radical (unpaired) electrons. The van der Waals surface area contributed by atoms with Crippen LogP contribution < -0.4 is 0 Å². The number of nitrogens with zero attached hydrogens (tertiary/aromatic N) is 2. The fourth-order valence-electron chi connectivity index (χ4n) is 3.51. The first kappa shape index (κ1) is 25.4. The Morgan fingerprint density at radius 3 is 1.65 bits per heavy atom. The molecule has 0 aromatic carbocycles. The van der Waals surface area contributed by atoms with Gasteiger partial charge in [-0.15, -0.1) is 16.7 Å². The standard InChI is InChI=1S/C21H42N2O2S/c1-5-7-9-11-13-15-17-21(26-4,20(24)23(3)19-22-25)18-16-14-12-10-8-6-2/h5-19H2,1-4H3. The molecule has 0 N–H and O–H groups in total. The molecule has 26 heavy (non-hydrogen) atoms. The average Bonchev–Trinajstić information content (AvgIpc) is 2.65. The van der Waals surface area contributed by atoms with Crippen molar-refractivity contribution in [3.63, 3.8) is 0 Å². The first-order chi connectivity index (χ1) is 12.6. The van der Waals surface area contributed by atoms with Gasteiger partial charge in [0.25, 0.3) is 0 Å². The van der Waals surface area contributed by atoms with Crippen molar-refractivity contribution in [1.29, 1.82) is 0 Å². The summed E-state index contributed by atoms with van der Waals surface area (Å²) in [6.45, 7) is 4.41. The molecular weight excluding hydrogens is 344 g/mol. The summed E-state index contributed by atoms with van der Waals surface area (Å²) in [4.78, 5) is 25.1. The Labute approximate surface area is 166 Å². The number of thioether (sulfide) groups is 1. The Bertz CT molecular complexity index is 348. The molecule has 0 aliphatic rings. The highest BCUT2D eigenvalue weighted by atomic mass is 32.2. The molecule has 0 saturated carbocycles. The van der Waals surface area contributed by atoms with Gasteiger partial charge < -0.3 is 4.90 Å². The zero-order valence-electron chi connectivity index (χ0n) is 17.7. The Hall–Kier alpha value is -0.580. The molecule has 0 aromatic rings. The van der Waals surface area contributed by atoms with Crippen LogP contribution in [0.25, 0.3) is 0 Å². The summed E-state index contributed by atoms with van der Waals surface area (Å²) in [6.07, 6.45) is 18.7. The van der Waals surface area contributed by atoms with Crippen LogP contribution in [0.2, 0.25) is 0 Å². The lowest BCUT2D eigenvalue weighted by atomic mass is 9.91. The van der Waals surface area contributed by atoms with Gasteiger partial charge in [-0.2, -0.15) is 0 Å². The number of hydrogen-bond donors (Lipinski definition) is 0. The highest BCUT2D eigenvalue weighted by molar-refractivity contribution is 8.00. The summed E-state index contributed by atoms with van der Waals surface area (Å²) >= 11 is 1.68. The third kappa shape index (κ3) is 10.5. The molecule has 0 heterocycles. The zero-order valence-corrected chi connectivity index (χ0v) is 18.5. The fourth-order valence-corrected chi connectivity index (χ4v) is 4.54. The van der Waals surface area contributed by atoms with Crippen molar-refractivity contribution in [3.8, 4) is 0 Å². The van der Waals surface area contributed by atoms with E-state index in [1.807, 2.05) is 6.26 Å². The van der Waals surface area contributed by atoms with Gasteiger partial charge in [-0.3, -0.25) is 4.79 Å². The second-order valence-corrected chi connectivity index (χ2v) is 8.70. The van der Waals surface area contributed by atoms with E-state index in [0.29, 0.717) is 0 Å². The molecule has 5 heteroatoms. The quantitative estimate of drug-likeness (QED) is 0.193. The van der Waals surface area contributed by atoms with Crippen molar-refractivity contribution in [2.75, 3.05) is 20.0 Å². The molecule has 154 valence electrons.